The van der Waals surface area contributed by atoms with E-state index in [4.69, 9.17) is 9.15 Å². The molecule has 0 saturated carbocycles. The lowest BCUT2D eigenvalue weighted by Crippen LogP contribution is -2.49. The third-order valence-corrected chi connectivity index (χ3v) is 3.54. The fourth-order valence-corrected chi connectivity index (χ4v) is 2.17. The Kier molecular flexibility index (Phi) is 5.51. The molecule has 26 heavy (non-hydrogen) atoms. The van der Waals surface area contributed by atoms with E-state index >= 15 is 0 Å². The highest BCUT2D eigenvalue weighted by atomic mass is 16.6. The molecule has 0 bridgehead atoms. The maximum Gasteiger partial charge on any atom is 0.340 e. The second kappa shape index (κ2) is 7.29. The number of amides is 1. The number of nitrogens with one attached hydrogen (secondary N) is 1. The number of carbonyl (C=O) groups is 2. The van der Waals surface area contributed by atoms with Gasteiger partial charge in [-0.05, 0) is 58.9 Å². The van der Waals surface area contributed by atoms with Crippen molar-refractivity contribution < 1.29 is 23.8 Å². The molecule has 0 radical (unpaired) electrons. The van der Waals surface area contributed by atoms with Crippen molar-refractivity contribution >= 4 is 11.9 Å². The van der Waals surface area contributed by atoms with Crippen LogP contribution in [0.25, 0.3) is 11.5 Å². The van der Waals surface area contributed by atoms with E-state index in [2.05, 4.69) is 10.3 Å². The molecule has 0 spiro atoms. The summed E-state index contributed by atoms with van der Waals surface area (Å²) in [5.41, 5.74) is -1.09. The molecule has 1 atom stereocenters. The van der Waals surface area contributed by atoms with Gasteiger partial charge in [0, 0.05) is 0 Å². The molecule has 2 heterocycles. The molecule has 0 fully saturated rings. The number of furan rings is 1. The zero-order valence-electron chi connectivity index (χ0n) is 15.6. The average Bonchev–Trinajstić information content (AvgIpc) is 3.05. The Morgan fingerprint density at radius 3 is 2.46 bits per heavy atom. The Morgan fingerprint density at radius 2 is 1.92 bits per heavy atom. The predicted molar refractivity (Wildman–Crippen MR) is 95.5 cm³/mol. The molecule has 2 rings (SSSR count). The van der Waals surface area contributed by atoms with Crippen LogP contribution >= 0.6 is 0 Å². The number of pyridine rings is 1. The van der Waals surface area contributed by atoms with Crippen LogP contribution in [-0.4, -0.2) is 39.7 Å². The number of carbonyl (C=O) groups excluding carboxylic acids is 2. The first-order valence-electron chi connectivity index (χ1n) is 8.25. The molecule has 0 saturated heterocycles. The SMILES string of the molecule is Cc1nc(-c2ccco2)ccc1C(=O)NC[C@@](C)(O)C(=O)OC(C)(C)C. The fraction of sp³-hybridized carbons (Fsp3) is 0.421. The van der Waals surface area contributed by atoms with Gasteiger partial charge in [0.1, 0.15) is 11.3 Å². The number of aliphatic hydroxyl groups is 1. The third-order valence-electron chi connectivity index (χ3n) is 3.54. The summed E-state index contributed by atoms with van der Waals surface area (Å²) in [6.07, 6.45) is 1.55. The van der Waals surface area contributed by atoms with Crippen molar-refractivity contribution in [2.75, 3.05) is 6.54 Å². The third kappa shape index (κ3) is 4.92. The van der Waals surface area contributed by atoms with E-state index in [9.17, 15) is 14.7 Å². The summed E-state index contributed by atoms with van der Waals surface area (Å²) >= 11 is 0. The zero-order chi connectivity index (χ0) is 19.5. The highest BCUT2D eigenvalue weighted by molar-refractivity contribution is 5.96. The van der Waals surface area contributed by atoms with Gasteiger partial charge in [-0.25, -0.2) is 9.78 Å². The van der Waals surface area contributed by atoms with Crippen LogP contribution in [0, 0.1) is 6.92 Å². The van der Waals surface area contributed by atoms with E-state index in [0.717, 1.165) is 0 Å². The van der Waals surface area contributed by atoms with Crippen LogP contribution in [0.2, 0.25) is 0 Å². The molecule has 0 unspecified atom stereocenters. The monoisotopic (exact) mass is 360 g/mol. The Balaban J connectivity index is 2.04. The van der Waals surface area contributed by atoms with Gasteiger partial charge in [-0.15, -0.1) is 0 Å². The molecular formula is C19H24N2O5. The van der Waals surface area contributed by atoms with Crippen molar-refractivity contribution in [3.8, 4) is 11.5 Å². The summed E-state index contributed by atoms with van der Waals surface area (Å²) in [7, 11) is 0. The standard InChI is InChI=1S/C19H24N2O5/c1-12-13(8-9-14(21-12)15-7-6-10-25-15)16(22)20-11-19(5,24)17(23)26-18(2,3)4/h6-10,24H,11H2,1-5H3,(H,20,22)/t19-/m1/s1. The summed E-state index contributed by atoms with van der Waals surface area (Å²) in [4.78, 5) is 28.8. The Bertz CT molecular complexity index is 789. The van der Waals surface area contributed by atoms with Crippen molar-refractivity contribution in [3.63, 3.8) is 0 Å². The number of aryl methyl sites for hydroxylation is 1. The van der Waals surface area contributed by atoms with Crippen LogP contribution in [0.15, 0.2) is 34.9 Å². The molecule has 0 aliphatic heterocycles. The van der Waals surface area contributed by atoms with Gasteiger partial charge in [-0.2, -0.15) is 0 Å². The maximum absolute atomic E-state index is 12.4. The average molecular weight is 360 g/mol. The number of rotatable bonds is 5. The van der Waals surface area contributed by atoms with Crippen molar-refractivity contribution in [1.29, 1.82) is 0 Å². The molecule has 7 heteroatoms. The summed E-state index contributed by atoms with van der Waals surface area (Å²) in [5, 5.41) is 12.8. The highest BCUT2D eigenvalue weighted by Gasteiger charge is 2.35. The summed E-state index contributed by atoms with van der Waals surface area (Å²) in [6.45, 7) is 7.83. The molecule has 2 aromatic rings. The first-order chi connectivity index (χ1) is 12.0. The molecule has 140 valence electrons. The first-order valence-corrected chi connectivity index (χ1v) is 8.25. The van der Waals surface area contributed by atoms with Crippen LogP contribution in [0.5, 0.6) is 0 Å². The zero-order valence-corrected chi connectivity index (χ0v) is 15.6. The van der Waals surface area contributed by atoms with Crippen molar-refractivity contribution in [3.05, 3.63) is 41.8 Å². The second-order valence-corrected chi connectivity index (χ2v) is 7.27. The van der Waals surface area contributed by atoms with Gasteiger partial charge >= 0.3 is 5.97 Å². The number of hydrogen-bond acceptors (Lipinski definition) is 6. The Hall–Kier alpha value is -2.67. The second-order valence-electron chi connectivity index (χ2n) is 7.27. The smallest absolute Gasteiger partial charge is 0.340 e. The minimum atomic E-state index is -1.83. The molecule has 1 amide bonds. The van der Waals surface area contributed by atoms with Gasteiger partial charge < -0.3 is 19.6 Å². The maximum atomic E-state index is 12.4. The minimum absolute atomic E-state index is 0.278. The molecule has 2 aromatic heterocycles. The van der Waals surface area contributed by atoms with Gasteiger partial charge in [0.15, 0.2) is 11.4 Å². The van der Waals surface area contributed by atoms with Crippen LogP contribution in [0.3, 0.4) is 0 Å². The number of hydrogen-bond donors (Lipinski definition) is 2. The van der Waals surface area contributed by atoms with E-state index in [1.165, 1.54) is 6.92 Å². The van der Waals surface area contributed by atoms with Crippen molar-refractivity contribution in [2.24, 2.45) is 0 Å². The summed E-state index contributed by atoms with van der Waals surface area (Å²) in [6, 6.07) is 6.83. The van der Waals surface area contributed by atoms with Gasteiger partial charge in [0.25, 0.3) is 5.91 Å². The normalized spacial score (nSPS) is 13.8. The molecule has 0 aromatic carbocycles. The van der Waals surface area contributed by atoms with E-state index in [1.54, 1.807) is 58.2 Å². The lowest BCUT2D eigenvalue weighted by molar-refractivity contribution is -0.174. The predicted octanol–water partition coefficient (Wildman–Crippen LogP) is 2.47. The van der Waals surface area contributed by atoms with E-state index in [0.29, 0.717) is 22.7 Å². The van der Waals surface area contributed by atoms with Crippen LogP contribution in [0.1, 0.15) is 43.7 Å². The highest BCUT2D eigenvalue weighted by Crippen LogP contribution is 2.19. The minimum Gasteiger partial charge on any atom is -0.463 e. The molecule has 0 aliphatic rings. The van der Waals surface area contributed by atoms with Crippen molar-refractivity contribution in [1.82, 2.24) is 10.3 Å². The van der Waals surface area contributed by atoms with Crippen LogP contribution in [0.4, 0.5) is 0 Å². The van der Waals surface area contributed by atoms with Gasteiger partial charge in [-0.1, -0.05) is 0 Å². The van der Waals surface area contributed by atoms with E-state index < -0.39 is 23.1 Å². The molecule has 7 nitrogen and oxygen atoms in total. The van der Waals surface area contributed by atoms with Crippen LogP contribution < -0.4 is 5.32 Å². The quantitative estimate of drug-likeness (QED) is 0.794. The lowest BCUT2D eigenvalue weighted by Gasteiger charge is -2.27. The molecular weight excluding hydrogens is 336 g/mol. The fourth-order valence-electron chi connectivity index (χ4n) is 2.17. The largest absolute Gasteiger partial charge is 0.463 e. The number of nitrogens with zero attached hydrogens (tertiary/aromatic N) is 1. The van der Waals surface area contributed by atoms with Gasteiger partial charge in [0.2, 0.25) is 0 Å². The van der Waals surface area contributed by atoms with E-state index in [1.807, 2.05) is 0 Å². The Labute approximate surface area is 152 Å². The summed E-state index contributed by atoms with van der Waals surface area (Å²) < 4.78 is 10.4. The van der Waals surface area contributed by atoms with Gasteiger partial charge in [0.05, 0.1) is 24.1 Å². The van der Waals surface area contributed by atoms with Crippen LogP contribution in [-0.2, 0) is 9.53 Å². The van der Waals surface area contributed by atoms with Gasteiger partial charge in [-0.3, -0.25) is 4.79 Å². The number of esters is 1. The van der Waals surface area contributed by atoms with E-state index in [-0.39, 0.29) is 6.54 Å². The summed E-state index contributed by atoms with van der Waals surface area (Å²) in [5.74, 6) is -0.633. The number of aromatic nitrogens is 1. The molecule has 0 aliphatic carbocycles. The molecule has 2 N–H and O–H groups in total. The van der Waals surface area contributed by atoms with Crippen molar-refractivity contribution in [2.45, 2.75) is 45.8 Å². The first kappa shape index (κ1) is 19.7. The lowest BCUT2D eigenvalue weighted by atomic mass is 10.1. The number of ether oxygens (including phenoxy) is 1. The Morgan fingerprint density at radius 1 is 1.23 bits per heavy atom. The topological polar surface area (TPSA) is 102 Å².